The molecule has 1 aliphatic rings. The molecule has 0 unspecified atom stereocenters. The fourth-order valence-corrected chi connectivity index (χ4v) is 3.59. The van der Waals surface area contributed by atoms with Crippen molar-refractivity contribution in [3.8, 4) is 0 Å². The average molecular weight is 424 g/mol. The van der Waals surface area contributed by atoms with Crippen LogP contribution in [0.5, 0.6) is 0 Å². The minimum Gasteiger partial charge on any atom is -0.480 e. The fourth-order valence-electron chi connectivity index (χ4n) is 3.59. The number of carboxylic acid groups (broad SMARTS) is 1. The zero-order valence-electron chi connectivity index (χ0n) is 18.0. The van der Waals surface area contributed by atoms with E-state index in [4.69, 9.17) is 4.74 Å². The molecule has 0 fully saturated rings. The molecule has 2 N–H and O–H groups in total. The van der Waals surface area contributed by atoms with E-state index in [-0.39, 0.29) is 13.0 Å². The Balaban J connectivity index is 1.82. The molecule has 0 bridgehead atoms. The van der Waals surface area contributed by atoms with Gasteiger partial charge in [-0.2, -0.15) is 0 Å². The van der Waals surface area contributed by atoms with Crippen LogP contribution in [0.1, 0.15) is 37.5 Å². The van der Waals surface area contributed by atoms with Gasteiger partial charge in [0.25, 0.3) is 0 Å². The number of hydrogen-bond donors (Lipinski definition) is 2. The summed E-state index contributed by atoms with van der Waals surface area (Å²) in [5.41, 5.74) is 1.98. The van der Waals surface area contributed by atoms with E-state index in [1.807, 2.05) is 54.6 Å². The van der Waals surface area contributed by atoms with Crippen LogP contribution < -0.4 is 5.32 Å². The number of carbonyl (C=O) groups is 3. The van der Waals surface area contributed by atoms with Crippen molar-refractivity contribution in [2.45, 2.75) is 57.8 Å². The number of hydrogen-bond acceptors (Lipinski definition) is 4. The number of carboxylic acids is 1. The van der Waals surface area contributed by atoms with Crippen molar-refractivity contribution in [2.24, 2.45) is 0 Å². The highest BCUT2D eigenvalue weighted by Gasteiger charge is 2.38. The Kier molecular flexibility index (Phi) is 6.63. The van der Waals surface area contributed by atoms with Crippen molar-refractivity contribution in [3.05, 3.63) is 71.3 Å². The van der Waals surface area contributed by atoms with Gasteiger partial charge in [0.1, 0.15) is 17.7 Å². The lowest BCUT2D eigenvalue weighted by Crippen LogP contribution is -2.56. The number of aliphatic carboxylic acids is 1. The van der Waals surface area contributed by atoms with Gasteiger partial charge in [0.2, 0.25) is 5.91 Å². The highest BCUT2D eigenvalue weighted by Crippen LogP contribution is 2.25. The zero-order valence-corrected chi connectivity index (χ0v) is 18.0. The van der Waals surface area contributed by atoms with Gasteiger partial charge in [-0.25, -0.2) is 9.59 Å². The Hall–Kier alpha value is -3.35. The third-order valence-corrected chi connectivity index (χ3v) is 5.08. The van der Waals surface area contributed by atoms with Crippen LogP contribution in [0.4, 0.5) is 4.79 Å². The SMILES string of the molecule is CC(C)(C)OC(=O)N1Cc2ccccc2C[C@@H]1C(=O)N[C@H](Cc1ccccc1)C(=O)O. The lowest BCUT2D eigenvalue weighted by Gasteiger charge is -2.37. The van der Waals surface area contributed by atoms with Crippen LogP contribution in [0.25, 0.3) is 0 Å². The smallest absolute Gasteiger partial charge is 0.411 e. The number of nitrogens with one attached hydrogen (secondary N) is 1. The van der Waals surface area contributed by atoms with Crippen molar-refractivity contribution >= 4 is 18.0 Å². The van der Waals surface area contributed by atoms with Gasteiger partial charge in [0, 0.05) is 12.8 Å². The number of nitrogens with zero attached hydrogens (tertiary/aromatic N) is 1. The second kappa shape index (κ2) is 9.20. The maximum atomic E-state index is 13.2. The molecule has 0 aliphatic carbocycles. The normalized spacial score (nSPS) is 16.7. The van der Waals surface area contributed by atoms with Crippen molar-refractivity contribution in [2.75, 3.05) is 0 Å². The molecule has 7 heteroatoms. The minimum absolute atomic E-state index is 0.150. The van der Waals surface area contributed by atoms with Crippen molar-refractivity contribution < 1.29 is 24.2 Å². The first-order valence-corrected chi connectivity index (χ1v) is 10.3. The van der Waals surface area contributed by atoms with Crippen LogP contribution in [-0.2, 0) is 33.7 Å². The lowest BCUT2D eigenvalue weighted by atomic mass is 9.93. The molecular weight excluding hydrogens is 396 g/mol. The topological polar surface area (TPSA) is 95.9 Å². The molecule has 1 heterocycles. The minimum atomic E-state index is -1.13. The zero-order chi connectivity index (χ0) is 22.6. The first-order chi connectivity index (χ1) is 14.6. The molecule has 1 aliphatic heterocycles. The number of carbonyl (C=O) groups excluding carboxylic acids is 2. The molecule has 2 amide bonds. The average Bonchev–Trinajstić information content (AvgIpc) is 2.71. The summed E-state index contributed by atoms with van der Waals surface area (Å²) in [5.74, 6) is -1.64. The van der Waals surface area contributed by atoms with Gasteiger partial charge in [-0.05, 0) is 37.5 Å². The largest absolute Gasteiger partial charge is 0.480 e. The van der Waals surface area contributed by atoms with E-state index in [0.29, 0.717) is 6.42 Å². The molecule has 2 aromatic rings. The first-order valence-electron chi connectivity index (χ1n) is 10.3. The van der Waals surface area contributed by atoms with Crippen LogP contribution >= 0.6 is 0 Å². The van der Waals surface area contributed by atoms with Gasteiger partial charge < -0.3 is 15.2 Å². The molecule has 0 spiro atoms. The van der Waals surface area contributed by atoms with Gasteiger partial charge >= 0.3 is 12.1 Å². The van der Waals surface area contributed by atoms with Gasteiger partial charge in [0.05, 0.1) is 6.54 Å². The summed E-state index contributed by atoms with van der Waals surface area (Å²) < 4.78 is 5.51. The van der Waals surface area contributed by atoms with Gasteiger partial charge in [-0.1, -0.05) is 54.6 Å². The molecule has 0 radical (unpaired) electrons. The molecule has 2 aromatic carbocycles. The van der Waals surface area contributed by atoms with E-state index in [1.54, 1.807) is 20.8 Å². The quantitative estimate of drug-likeness (QED) is 0.769. The third kappa shape index (κ3) is 5.84. The standard InChI is InChI=1S/C24H28N2O5/c1-24(2,3)31-23(30)26-15-18-12-8-7-11-17(18)14-20(26)21(27)25-19(22(28)29)13-16-9-5-4-6-10-16/h4-12,19-20H,13-15H2,1-3H3,(H,25,27)(H,28,29)/t19-,20-/m1/s1. The molecule has 31 heavy (non-hydrogen) atoms. The summed E-state index contributed by atoms with van der Waals surface area (Å²) >= 11 is 0. The van der Waals surface area contributed by atoms with Crippen molar-refractivity contribution in [1.29, 1.82) is 0 Å². The summed E-state index contributed by atoms with van der Waals surface area (Å²) in [4.78, 5) is 39.2. The number of rotatable bonds is 5. The molecule has 2 atom stereocenters. The number of benzene rings is 2. The Labute approximate surface area is 182 Å². The highest BCUT2D eigenvalue weighted by molar-refractivity contribution is 5.90. The highest BCUT2D eigenvalue weighted by atomic mass is 16.6. The Bertz CT molecular complexity index is 952. The van der Waals surface area contributed by atoms with Crippen molar-refractivity contribution in [3.63, 3.8) is 0 Å². The second-order valence-corrected chi connectivity index (χ2v) is 8.69. The van der Waals surface area contributed by atoms with E-state index in [2.05, 4.69) is 5.32 Å². The van der Waals surface area contributed by atoms with Crippen molar-refractivity contribution in [1.82, 2.24) is 10.2 Å². The maximum Gasteiger partial charge on any atom is 0.411 e. The number of fused-ring (bicyclic) bond motifs is 1. The Morgan fingerprint density at radius 1 is 1.06 bits per heavy atom. The number of ether oxygens (including phenoxy) is 1. The molecule has 7 nitrogen and oxygen atoms in total. The first kappa shape index (κ1) is 22.3. The van der Waals surface area contributed by atoms with E-state index < -0.39 is 35.7 Å². The van der Waals surface area contributed by atoms with E-state index in [0.717, 1.165) is 16.7 Å². The summed E-state index contributed by atoms with van der Waals surface area (Å²) in [5, 5.41) is 12.3. The molecule has 0 aromatic heterocycles. The van der Waals surface area contributed by atoms with E-state index in [9.17, 15) is 19.5 Å². The molecule has 164 valence electrons. The Morgan fingerprint density at radius 3 is 2.29 bits per heavy atom. The fraction of sp³-hybridized carbons (Fsp3) is 0.375. The molecular formula is C24H28N2O5. The van der Waals surface area contributed by atoms with Gasteiger partial charge in [-0.3, -0.25) is 9.69 Å². The number of amides is 2. The maximum absolute atomic E-state index is 13.2. The molecule has 3 rings (SSSR count). The van der Waals surface area contributed by atoms with Crippen LogP contribution in [0.15, 0.2) is 54.6 Å². The summed E-state index contributed by atoms with van der Waals surface area (Å²) in [7, 11) is 0. The Morgan fingerprint density at radius 2 is 1.68 bits per heavy atom. The van der Waals surface area contributed by atoms with E-state index in [1.165, 1.54) is 4.90 Å². The van der Waals surface area contributed by atoms with Gasteiger partial charge in [-0.15, -0.1) is 0 Å². The summed E-state index contributed by atoms with van der Waals surface area (Å²) in [6.45, 7) is 5.51. The van der Waals surface area contributed by atoms with E-state index >= 15 is 0 Å². The summed E-state index contributed by atoms with van der Waals surface area (Å²) in [6.07, 6.45) is -0.159. The second-order valence-electron chi connectivity index (χ2n) is 8.69. The van der Waals surface area contributed by atoms with Crippen LogP contribution in [0, 0.1) is 0 Å². The van der Waals surface area contributed by atoms with Crippen LogP contribution in [0.3, 0.4) is 0 Å². The predicted molar refractivity (Wildman–Crippen MR) is 115 cm³/mol. The third-order valence-electron chi connectivity index (χ3n) is 5.08. The summed E-state index contributed by atoms with van der Waals surface area (Å²) in [6, 6.07) is 14.7. The molecule has 0 saturated carbocycles. The monoisotopic (exact) mass is 424 g/mol. The predicted octanol–water partition coefficient (Wildman–Crippen LogP) is 3.16. The van der Waals surface area contributed by atoms with Gasteiger partial charge in [0.15, 0.2) is 0 Å². The molecule has 0 saturated heterocycles. The lowest BCUT2D eigenvalue weighted by molar-refractivity contribution is -0.142. The van der Waals surface area contributed by atoms with Crippen LogP contribution in [-0.4, -0.2) is 45.7 Å². The van der Waals surface area contributed by atoms with Crippen LogP contribution in [0.2, 0.25) is 0 Å².